The standard InChI is InChI=1S/C28H20BrN3O4S/c1-2-36-27(35)24-21(20-10-6-7-11-23(20)30-24)16-22-25(33)31(18-8-4-3-5-9-18)28(37)32(26(22)34)19-14-12-17(29)13-15-19/h3-16,34H,2H2,1H3/b21-16+. The van der Waals surface area contributed by atoms with E-state index in [1.807, 2.05) is 24.3 Å². The van der Waals surface area contributed by atoms with Crippen molar-refractivity contribution in [3.63, 3.8) is 0 Å². The van der Waals surface area contributed by atoms with Crippen LogP contribution >= 0.6 is 28.1 Å². The highest BCUT2D eigenvalue weighted by atomic mass is 79.9. The smallest absolute Gasteiger partial charge is 0.357 e. The Bertz CT molecular complexity index is 1700. The van der Waals surface area contributed by atoms with Gasteiger partial charge in [0.1, 0.15) is 5.56 Å². The van der Waals surface area contributed by atoms with E-state index in [-0.39, 0.29) is 28.5 Å². The summed E-state index contributed by atoms with van der Waals surface area (Å²) in [5.74, 6) is -0.974. The molecule has 5 rings (SSSR count). The molecule has 0 unspecified atom stereocenters. The number of rotatable bonds is 5. The number of aliphatic imine (C=N–C) groups is 1. The summed E-state index contributed by atoms with van der Waals surface area (Å²) in [6, 6.07) is 23.3. The van der Waals surface area contributed by atoms with Gasteiger partial charge in [0.2, 0.25) is 5.88 Å². The van der Waals surface area contributed by atoms with Crippen LogP contribution in [0.1, 0.15) is 18.1 Å². The fraction of sp³-hybridized carbons (Fsp3) is 0.0714. The molecule has 0 saturated heterocycles. The fourth-order valence-electron chi connectivity index (χ4n) is 4.12. The highest BCUT2D eigenvalue weighted by Crippen LogP contribution is 2.37. The SMILES string of the molecule is CCOC(=O)C1=Nc2ccccc2/C1=C\c1c(O)n(-c2ccc(Br)cc2)c(=S)n(-c2ccccc2)c1=O. The number of halogens is 1. The molecule has 1 aliphatic heterocycles. The topological polar surface area (TPSA) is 85.8 Å². The van der Waals surface area contributed by atoms with Crippen LogP contribution in [0.3, 0.4) is 0 Å². The van der Waals surface area contributed by atoms with E-state index in [0.29, 0.717) is 28.2 Å². The van der Waals surface area contributed by atoms with Crippen LogP contribution in [0.5, 0.6) is 5.88 Å². The third-order valence-corrected chi connectivity index (χ3v) is 6.70. The maximum Gasteiger partial charge on any atom is 0.357 e. The Kier molecular flexibility index (Phi) is 6.73. The van der Waals surface area contributed by atoms with E-state index in [9.17, 15) is 14.7 Å². The van der Waals surface area contributed by atoms with E-state index in [1.54, 1.807) is 61.5 Å². The first-order valence-corrected chi connectivity index (χ1v) is 12.6. The molecule has 0 radical (unpaired) electrons. The van der Waals surface area contributed by atoms with Gasteiger partial charge < -0.3 is 9.84 Å². The number of carbonyl (C=O) groups excluding carboxylic acids is 1. The molecule has 1 aliphatic rings. The minimum absolute atomic E-state index is 0.0518. The monoisotopic (exact) mass is 573 g/mol. The Labute approximate surface area is 225 Å². The number of fused-ring (bicyclic) bond motifs is 1. The summed E-state index contributed by atoms with van der Waals surface area (Å²) in [6.45, 7) is 1.87. The molecule has 0 atom stereocenters. The van der Waals surface area contributed by atoms with Crippen LogP contribution in [0.2, 0.25) is 0 Å². The third kappa shape index (κ3) is 4.47. The normalized spacial score (nSPS) is 13.4. The maximum atomic E-state index is 13.9. The lowest BCUT2D eigenvalue weighted by molar-refractivity contribution is -0.134. The number of hydrogen-bond donors (Lipinski definition) is 1. The minimum Gasteiger partial charge on any atom is -0.494 e. The van der Waals surface area contributed by atoms with Gasteiger partial charge in [-0.15, -0.1) is 0 Å². The lowest BCUT2D eigenvalue weighted by atomic mass is 10.0. The van der Waals surface area contributed by atoms with Crippen LogP contribution in [0, 0.1) is 4.77 Å². The summed E-state index contributed by atoms with van der Waals surface area (Å²) in [4.78, 5) is 31.1. The minimum atomic E-state index is -0.617. The Morgan fingerprint density at radius 2 is 1.65 bits per heavy atom. The summed E-state index contributed by atoms with van der Waals surface area (Å²) in [6.07, 6.45) is 1.48. The van der Waals surface area contributed by atoms with Gasteiger partial charge in [-0.2, -0.15) is 0 Å². The lowest BCUT2D eigenvalue weighted by Gasteiger charge is -2.17. The predicted molar refractivity (Wildman–Crippen MR) is 150 cm³/mol. The molecule has 7 nitrogen and oxygen atoms in total. The van der Waals surface area contributed by atoms with Gasteiger partial charge in [0.15, 0.2) is 10.5 Å². The summed E-state index contributed by atoms with van der Waals surface area (Å²) < 4.78 is 8.93. The quantitative estimate of drug-likeness (QED) is 0.233. The second kappa shape index (κ2) is 10.1. The Morgan fingerprint density at radius 3 is 2.35 bits per heavy atom. The van der Waals surface area contributed by atoms with E-state index in [1.165, 1.54) is 15.2 Å². The average molecular weight is 574 g/mol. The van der Waals surface area contributed by atoms with Crippen molar-refractivity contribution in [1.29, 1.82) is 0 Å². The zero-order valence-electron chi connectivity index (χ0n) is 19.6. The van der Waals surface area contributed by atoms with Crippen LogP contribution in [0.4, 0.5) is 5.69 Å². The van der Waals surface area contributed by atoms with Crippen molar-refractivity contribution in [3.8, 4) is 17.3 Å². The van der Waals surface area contributed by atoms with Gasteiger partial charge in [-0.05, 0) is 67.7 Å². The molecule has 3 aromatic carbocycles. The molecule has 0 spiro atoms. The van der Waals surface area contributed by atoms with Crippen molar-refractivity contribution in [1.82, 2.24) is 9.13 Å². The van der Waals surface area contributed by atoms with Crippen LogP contribution < -0.4 is 5.56 Å². The van der Waals surface area contributed by atoms with Crippen LogP contribution in [-0.4, -0.2) is 32.5 Å². The van der Waals surface area contributed by atoms with Gasteiger partial charge in [0.05, 0.1) is 23.7 Å². The Hall–Kier alpha value is -4.08. The molecule has 0 aliphatic carbocycles. The van der Waals surface area contributed by atoms with Gasteiger partial charge in [-0.25, -0.2) is 9.79 Å². The highest BCUT2D eigenvalue weighted by Gasteiger charge is 2.29. The molecule has 2 heterocycles. The zero-order valence-corrected chi connectivity index (χ0v) is 22.0. The number of para-hydroxylation sites is 2. The Balaban J connectivity index is 1.84. The molecule has 37 heavy (non-hydrogen) atoms. The number of aromatic hydroxyl groups is 1. The number of hydrogen-bond acceptors (Lipinski definition) is 6. The van der Waals surface area contributed by atoms with Gasteiger partial charge in [-0.3, -0.25) is 13.9 Å². The van der Waals surface area contributed by atoms with Crippen molar-refractivity contribution in [2.75, 3.05) is 6.61 Å². The summed E-state index contributed by atoms with van der Waals surface area (Å²) in [5.41, 5.74) is 2.15. The number of esters is 1. The lowest BCUT2D eigenvalue weighted by Crippen LogP contribution is -2.26. The number of carbonyl (C=O) groups is 1. The third-order valence-electron chi connectivity index (χ3n) is 5.81. The first-order chi connectivity index (χ1) is 17.9. The van der Waals surface area contributed by atoms with E-state index in [2.05, 4.69) is 20.9 Å². The molecule has 4 aromatic rings. The second-order valence-electron chi connectivity index (χ2n) is 8.06. The van der Waals surface area contributed by atoms with Crippen LogP contribution in [0.25, 0.3) is 23.0 Å². The van der Waals surface area contributed by atoms with Gasteiger partial charge in [0.25, 0.3) is 5.56 Å². The highest BCUT2D eigenvalue weighted by molar-refractivity contribution is 9.10. The molecule has 1 aromatic heterocycles. The number of ether oxygens (including phenoxy) is 1. The summed E-state index contributed by atoms with van der Waals surface area (Å²) >= 11 is 9.12. The van der Waals surface area contributed by atoms with Gasteiger partial charge in [0, 0.05) is 15.6 Å². The first-order valence-electron chi connectivity index (χ1n) is 11.4. The van der Waals surface area contributed by atoms with Gasteiger partial charge in [-0.1, -0.05) is 52.3 Å². The van der Waals surface area contributed by atoms with E-state index in [4.69, 9.17) is 17.0 Å². The average Bonchev–Trinajstić information content (AvgIpc) is 3.27. The molecule has 0 bridgehead atoms. The molecule has 1 N–H and O–H groups in total. The molecule has 0 fully saturated rings. The molecule has 184 valence electrons. The largest absolute Gasteiger partial charge is 0.494 e. The number of benzene rings is 3. The zero-order chi connectivity index (χ0) is 26.1. The maximum absolute atomic E-state index is 13.9. The van der Waals surface area contributed by atoms with Crippen molar-refractivity contribution >= 4 is 57.2 Å². The number of aromatic nitrogens is 2. The van der Waals surface area contributed by atoms with Crippen LogP contribution in [0.15, 0.2) is 93.1 Å². The molecular weight excluding hydrogens is 554 g/mol. The summed E-state index contributed by atoms with van der Waals surface area (Å²) in [7, 11) is 0. The van der Waals surface area contributed by atoms with Crippen molar-refractivity contribution < 1.29 is 14.6 Å². The van der Waals surface area contributed by atoms with Crippen molar-refractivity contribution in [3.05, 3.63) is 110 Å². The number of nitrogens with zero attached hydrogens (tertiary/aromatic N) is 3. The molecule has 0 amide bonds. The Morgan fingerprint density at radius 1 is 1.00 bits per heavy atom. The second-order valence-corrected chi connectivity index (χ2v) is 9.34. The van der Waals surface area contributed by atoms with Gasteiger partial charge >= 0.3 is 5.97 Å². The predicted octanol–water partition coefficient (Wildman–Crippen LogP) is 6.02. The van der Waals surface area contributed by atoms with E-state index < -0.39 is 11.5 Å². The van der Waals surface area contributed by atoms with Crippen molar-refractivity contribution in [2.45, 2.75) is 6.92 Å². The molecule has 9 heteroatoms. The molecule has 0 saturated carbocycles. The molecular formula is C28H20BrN3O4S. The van der Waals surface area contributed by atoms with E-state index in [0.717, 1.165) is 4.47 Å². The first kappa shape index (κ1) is 24.6. The van der Waals surface area contributed by atoms with Crippen molar-refractivity contribution in [2.24, 2.45) is 4.99 Å². The summed E-state index contributed by atoms with van der Waals surface area (Å²) in [5, 5.41) is 11.5. The van der Waals surface area contributed by atoms with Crippen LogP contribution in [-0.2, 0) is 9.53 Å². The fourth-order valence-corrected chi connectivity index (χ4v) is 4.77. The van der Waals surface area contributed by atoms with E-state index >= 15 is 0 Å².